The van der Waals surface area contributed by atoms with Crippen LogP contribution in [0.5, 0.6) is 5.88 Å². The lowest BCUT2D eigenvalue weighted by Crippen LogP contribution is -2.44. The standard InChI is InChI=1S/C23H28N4O3/c1-24-22(29)23-11-19(26-21(28)17-8-9-20(30-2)25-12-17)10-18(23)14-27(15-23)13-16-6-4-3-5-7-16/h3-9,12,18-19H,10-11,13-15H2,1-2H3,(H,24,29)(H,26,28)/t18-,19-,23-/m0/s1. The number of nitrogens with one attached hydrogen (secondary N) is 2. The molecule has 2 N–H and O–H groups in total. The van der Waals surface area contributed by atoms with Gasteiger partial charge in [0.05, 0.1) is 18.1 Å². The van der Waals surface area contributed by atoms with Gasteiger partial charge in [0.25, 0.3) is 5.91 Å². The van der Waals surface area contributed by atoms with Crippen LogP contribution in [0.4, 0.5) is 0 Å². The summed E-state index contributed by atoms with van der Waals surface area (Å²) in [5.74, 6) is 0.605. The van der Waals surface area contributed by atoms with Crippen LogP contribution in [0, 0.1) is 11.3 Å². The average Bonchev–Trinajstić information content (AvgIpc) is 3.27. The molecular weight excluding hydrogens is 380 g/mol. The quantitative estimate of drug-likeness (QED) is 0.762. The van der Waals surface area contributed by atoms with Crippen LogP contribution in [-0.2, 0) is 11.3 Å². The van der Waals surface area contributed by atoms with Crippen molar-refractivity contribution in [1.82, 2.24) is 20.5 Å². The molecule has 2 amide bonds. The van der Waals surface area contributed by atoms with Crippen molar-refractivity contribution in [1.29, 1.82) is 0 Å². The number of hydrogen-bond acceptors (Lipinski definition) is 5. The summed E-state index contributed by atoms with van der Waals surface area (Å²) >= 11 is 0. The highest BCUT2D eigenvalue weighted by atomic mass is 16.5. The molecule has 1 aromatic heterocycles. The SMILES string of the molecule is CNC(=O)[C@]12C[C@@H](NC(=O)c3ccc(OC)nc3)C[C@H]1CN(Cc1ccccc1)C2. The van der Waals surface area contributed by atoms with Crippen LogP contribution in [-0.4, -0.2) is 55.0 Å². The summed E-state index contributed by atoms with van der Waals surface area (Å²) < 4.78 is 5.05. The van der Waals surface area contributed by atoms with Gasteiger partial charge in [-0.3, -0.25) is 14.5 Å². The van der Waals surface area contributed by atoms with Gasteiger partial charge in [-0.1, -0.05) is 30.3 Å². The van der Waals surface area contributed by atoms with Crippen molar-refractivity contribution < 1.29 is 14.3 Å². The molecule has 1 aromatic carbocycles. The van der Waals surface area contributed by atoms with Crippen molar-refractivity contribution >= 4 is 11.8 Å². The molecule has 1 saturated heterocycles. The molecule has 2 heterocycles. The Balaban J connectivity index is 1.43. The first kappa shape index (κ1) is 20.3. The lowest BCUT2D eigenvalue weighted by atomic mass is 9.80. The highest BCUT2D eigenvalue weighted by molar-refractivity contribution is 5.94. The molecule has 1 aliphatic heterocycles. The Morgan fingerprint density at radius 2 is 2.03 bits per heavy atom. The number of amides is 2. The number of carbonyl (C=O) groups excluding carboxylic acids is 2. The minimum atomic E-state index is -0.459. The first-order valence-corrected chi connectivity index (χ1v) is 10.3. The van der Waals surface area contributed by atoms with Gasteiger partial charge in [-0.2, -0.15) is 0 Å². The van der Waals surface area contributed by atoms with Crippen LogP contribution in [0.25, 0.3) is 0 Å². The topological polar surface area (TPSA) is 83.6 Å². The van der Waals surface area contributed by atoms with E-state index < -0.39 is 5.41 Å². The number of pyridine rings is 1. The summed E-state index contributed by atoms with van der Waals surface area (Å²) in [5.41, 5.74) is 1.29. The number of likely N-dealkylation sites (tertiary alicyclic amines) is 1. The van der Waals surface area contributed by atoms with Crippen LogP contribution in [0.2, 0.25) is 0 Å². The fourth-order valence-electron chi connectivity index (χ4n) is 5.05. The molecule has 7 heteroatoms. The van der Waals surface area contributed by atoms with Crippen molar-refractivity contribution in [3.05, 3.63) is 59.8 Å². The van der Waals surface area contributed by atoms with Crippen molar-refractivity contribution in [2.45, 2.75) is 25.4 Å². The van der Waals surface area contributed by atoms with E-state index in [1.54, 1.807) is 26.3 Å². The molecule has 0 radical (unpaired) electrons. The van der Waals surface area contributed by atoms with E-state index in [-0.39, 0.29) is 23.8 Å². The van der Waals surface area contributed by atoms with Crippen molar-refractivity contribution in [2.24, 2.45) is 11.3 Å². The second-order valence-electron chi connectivity index (χ2n) is 8.29. The van der Waals surface area contributed by atoms with Gasteiger partial charge in [0.15, 0.2) is 0 Å². The Morgan fingerprint density at radius 3 is 2.70 bits per heavy atom. The summed E-state index contributed by atoms with van der Waals surface area (Å²) in [6, 6.07) is 13.7. The Labute approximate surface area is 176 Å². The first-order chi connectivity index (χ1) is 14.5. The predicted molar refractivity (Wildman–Crippen MR) is 113 cm³/mol. The maximum Gasteiger partial charge on any atom is 0.253 e. The van der Waals surface area contributed by atoms with E-state index in [9.17, 15) is 9.59 Å². The zero-order chi connectivity index (χ0) is 21.1. The van der Waals surface area contributed by atoms with Crippen molar-refractivity contribution in [2.75, 3.05) is 27.2 Å². The zero-order valence-corrected chi connectivity index (χ0v) is 17.4. The van der Waals surface area contributed by atoms with E-state index in [4.69, 9.17) is 4.74 Å². The Kier molecular flexibility index (Phi) is 5.72. The highest BCUT2D eigenvalue weighted by Crippen LogP contribution is 2.49. The maximum absolute atomic E-state index is 12.9. The molecule has 2 aromatic rings. The number of aromatic nitrogens is 1. The van der Waals surface area contributed by atoms with E-state index in [1.165, 1.54) is 11.8 Å². The number of benzene rings is 1. The molecule has 0 unspecified atom stereocenters. The second kappa shape index (κ2) is 8.44. The molecule has 1 saturated carbocycles. The third-order valence-electron chi connectivity index (χ3n) is 6.42. The Morgan fingerprint density at radius 1 is 1.23 bits per heavy atom. The molecule has 1 aliphatic carbocycles. The molecule has 4 rings (SSSR count). The number of nitrogens with zero attached hydrogens (tertiary/aromatic N) is 2. The van der Waals surface area contributed by atoms with Crippen LogP contribution in [0.15, 0.2) is 48.7 Å². The lowest BCUT2D eigenvalue weighted by Gasteiger charge is -2.27. The van der Waals surface area contributed by atoms with Gasteiger partial charge in [-0.25, -0.2) is 4.98 Å². The van der Waals surface area contributed by atoms with Gasteiger partial charge in [-0.05, 0) is 30.4 Å². The van der Waals surface area contributed by atoms with Crippen LogP contribution < -0.4 is 15.4 Å². The van der Waals surface area contributed by atoms with E-state index in [2.05, 4.69) is 32.7 Å². The molecule has 2 fully saturated rings. The normalized spacial score (nSPS) is 25.5. The number of ether oxygens (including phenoxy) is 1. The molecule has 7 nitrogen and oxygen atoms in total. The fourth-order valence-corrected chi connectivity index (χ4v) is 5.05. The molecule has 3 atom stereocenters. The Bertz CT molecular complexity index is 902. The highest BCUT2D eigenvalue weighted by Gasteiger charge is 2.57. The van der Waals surface area contributed by atoms with Gasteiger partial charge in [0.1, 0.15) is 0 Å². The van der Waals surface area contributed by atoms with Gasteiger partial charge >= 0.3 is 0 Å². The summed E-state index contributed by atoms with van der Waals surface area (Å²) in [6.07, 6.45) is 2.96. The minimum Gasteiger partial charge on any atom is -0.481 e. The predicted octanol–water partition coefficient (Wildman–Crippen LogP) is 1.85. The molecule has 0 bridgehead atoms. The third-order valence-corrected chi connectivity index (χ3v) is 6.42. The molecule has 30 heavy (non-hydrogen) atoms. The van der Waals surface area contributed by atoms with Gasteiger partial charge in [0.2, 0.25) is 11.8 Å². The van der Waals surface area contributed by atoms with Gasteiger partial charge in [-0.15, -0.1) is 0 Å². The molecular formula is C23H28N4O3. The number of methoxy groups -OCH3 is 1. The summed E-state index contributed by atoms with van der Waals surface area (Å²) in [7, 11) is 3.24. The monoisotopic (exact) mass is 408 g/mol. The number of rotatable bonds is 6. The largest absolute Gasteiger partial charge is 0.481 e. The third kappa shape index (κ3) is 3.89. The summed E-state index contributed by atoms with van der Waals surface area (Å²) in [6.45, 7) is 2.41. The molecule has 2 aliphatic rings. The van der Waals surface area contributed by atoms with Gasteiger partial charge in [0, 0.05) is 45.0 Å². The summed E-state index contributed by atoms with van der Waals surface area (Å²) in [4.78, 5) is 32.0. The number of hydrogen-bond donors (Lipinski definition) is 2. The van der Waals surface area contributed by atoms with Gasteiger partial charge < -0.3 is 15.4 Å². The van der Waals surface area contributed by atoms with Crippen molar-refractivity contribution in [3.8, 4) is 5.88 Å². The van der Waals surface area contributed by atoms with E-state index >= 15 is 0 Å². The molecule has 158 valence electrons. The number of fused-ring (bicyclic) bond motifs is 1. The van der Waals surface area contributed by atoms with Crippen LogP contribution in [0.3, 0.4) is 0 Å². The van der Waals surface area contributed by atoms with Crippen molar-refractivity contribution in [3.63, 3.8) is 0 Å². The fraction of sp³-hybridized carbons (Fsp3) is 0.435. The lowest BCUT2D eigenvalue weighted by molar-refractivity contribution is -0.131. The smallest absolute Gasteiger partial charge is 0.253 e. The van der Waals surface area contributed by atoms with Crippen LogP contribution in [0.1, 0.15) is 28.8 Å². The zero-order valence-electron chi connectivity index (χ0n) is 17.4. The number of carbonyl (C=O) groups is 2. The van der Waals surface area contributed by atoms with E-state index in [0.717, 1.165) is 19.5 Å². The average molecular weight is 409 g/mol. The molecule has 0 spiro atoms. The first-order valence-electron chi connectivity index (χ1n) is 10.3. The van der Waals surface area contributed by atoms with E-state index in [1.807, 2.05) is 18.2 Å². The Hall–Kier alpha value is -2.93. The second-order valence-corrected chi connectivity index (χ2v) is 8.29. The summed E-state index contributed by atoms with van der Waals surface area (Å²) in [5, 5.41) is 5.98. The minimum absolute atomic E-state index is 0.0271. The maximum atomic E-state index is 12.9. The van der Waals surface area contributed by atoms with E-state index in [0.29, 0.717) is 24.4 Å². The van der Waals surface area contributed by atoms with Crippen LogP contribution >= 0.6 is 0 Å².